The lowest BCUT2D eigenvalue weighted by Crippen LogP contribution is -2.14. The van der Waals surface area contributed by atoms with Crippen LogP contribution in [0.4, 0.5) is 6.01 Å². The van der Waals surface area contributed by atoms with Gasteiger partial charge >= 0.3 is 6.01 Å². The number of nitrogens with zero attached hydrogens (tertiary/aromatic N) is 2. The lowest BCUT2D eigenvalue weighted by molar-refractivity contribution is -0.115. The third kappa shape index (κ3) is 4.49. The van der Waals surface area contributed by atoms with Crippen LogP contribution in [0.5, 0.6) is 5.75 Å². The molecule has 0 fully saturated rings. The first-order valence-electron chi connectivity index (χ1n) is 7.26. The zero-order chi connectivity index (χ0) is 17.8. The molecule has 0 aliphatic carbocycles. The fraction of sp³-hybridized carbons (Fsp3) is 0.118. The van der Waals surface area contributed by atoms with Crippen LogP contribution >= 0.6 is 23.2 Å². The van der Waals surface area contributed by atoms with E-state index in [-0.39, 0.29) is 24.2 Å². The molecule has 0 aliphatic rings. The number of hydrogen-bond donors (Lipinski definition) is 1. The summed E-state index contributed by atoms with van der Waals surface area (Å²) in [6, 6.07) is 12.1. The van der Waals surface area contributed by atoms with Crippen LogP contribution in [0.3, 0.4) is 0 Å². The molecule has 8 heteroatoms. The second-order valence-corrected chi connectivity index (χ2v) is 6.02. The summed E-state index contributed by atoms with van der Waals surface area (Å²) in [4.78, 5) is 12.1. The predicted molar refractivity (Wildman–Crippen MR) is 95.1 cm³/mol. The molecule has 1 amide bonds. The van der Waals surface area contributed by atoms with Crippen molar-refractivity contribution in [2.75, 3.05) is 12.4 Å². The van der Waals surface area contributed by atoms with Gasteiger partial charge in [-0.25, -0.2) is 0 Å². The van der Waals surface area contributed by atoms with Gasteiger partial charge in [0.2, 0.25) is 11.8 Å². The summed E-state index contributed by atoms with van der Waals surface area (Å²) in [6.07, 6.45) is 0.171. The molecule has 0 saturated carbocycles. The van der Waals surface area contributed by atoms with Crippen molar-refractivity contribution in [3.63, 3.8) is 0 Å². The van der Waals surface area contributed by atoms with Gasteiger partial charge < -0.3 is 9.15 Å². The largest absolute Gasteiger partial charge is 0.497 e. The van der Waals surface area contributed by atoms with E-state index in [1.807, 2.05) is 12.1 Å². The van der Waals surface area contributed by atoms with Gasteiger partial charge in [-0.1, -0.05) is 40.4 Å². The van der Waals surface area contributed by atoms with Gasteiger partial charge in [-0.3, -0.25) is 10.1 Å². The minimum absolute atomic E-state index is 0.00427. The van der Waals surface area contributed by atoms with Crippen molar-refractivity contribution >= 4 is 35.1 Å². The Balaban J connectivity index is 1.67. The number of carbonyl (C=O) groups excluding carboxylic acids is 1. The van der Waals surface area contributed by atoms with E-state index in [1.165, 1.54) is 0 Å². The number of halogens is 2. The van der Waals surface area contributed by atoms with Crippen LogP contribution in [-0.2, 0) is 11.2 Å². The first-order valence-corrected chi connectivity index (χ1v) is 8.02. The summed E-state index contributed by atoms with van der Waals surface area (Å²) in [6.45, 7) is 0. The van der Waals surface area contributed by atoms with E-state index in [4.69, 9.17) is 32.4 Å². The van der Waals surface area contributed by atoms with Crippen molar-refractivity contribution in [3.05, 3.63) is 58.1 Å². The van der Waals surface area contributed by atoms with Gasteiger partial charge in [-0.05, 0) is 35.9 Å². The van der Waals surface area contributed by atoms with Gasteiger partial charge in [-0.15, -0.1) is 5.10 Å². The van der Waals surface area contributed by atoms with E-state index < -0.39 is 0 Å². The molecule has 0 spiro atoms. The van der Waals surface area contributed by atoms with Gasteiger partial charge in [0.25, 0.3) is 0 Å². The third-order valence-corrected chi connectivity index (χ3v) is 3.74. The minimum atomic E-state index is -0.274. The normalized spacial score (nSPS) is 10.5. The molecule has 0 radical (unpaired) electrons. The van der Waals surface area contributed by atoms with Crippen molar-refractivity contribution < 1.29 is 13.9 Å². The molecule has 128 valence electrons. The average molecular weight is 378 g/mol. The highest BCUT2D eigenvalue weighted by molar-refractivity contribution is 6.35. The Morgan fingerprint density at radius 2 is 1.80 bits per heavy atom. The number of benzene rings is 2. The number of anilines is 1. The number of rotatable bonds is 5. The van der Waals surface area contributed by atoms with Crippen LogP contribution in [-0.4, -0.2) is 23.2 Å². The lowest BCUT2D eigenvalue weighted by Gasteiger charge is -2.03. The Morgan fingerprint density at radius 3 is 2.44 bits per heavy atom. The maximum absolute atomic E-state index is 12.1. The second kappa shape index (κ2) is 7.55. The first kappa shape index (κ1) is 17.3. The maximum atomic E-state index is 12.1. The first-order chi connectivity index (χ1) is 12.0. The van der Waals surface area contributed by atoms with E-state index in [2.05, 4.69) is 15.5 Å². The summed E-state index contributed by atoms with van der Waals surface area (Å²) in [5.41, 5.74) is 1.40. The van der Waals surface area contributed by atoms with Crippen LogP contribution in [0, 0.1) is 0 Å². The topological polar surface area (TPSA) is 77.2 Å². The van der Waals surface area contributed by atoms with Crippen molar-refractivity contribution in [2.45, 2.75) is 6.42 Å². The molecule has 2 aromatic carbocycles. The van der Waals surface area contributed by atoms with Crippen LogP contribution in [0.1, 0.15) is 5.56 Å². The van der Waals surface area contributed by atoms with Crippen LogP contribution < -0.4 is 10.1 Å². The minimum Gasteiger partial charge on any atom is -0.497 e. The van der Waals surface area contributed by atoms with Crippen molar-refractivity contribution in [1.29, 1.82) is 0 Å². The van der Waals surface area contributed by atoms with Gasteiger partial charge in [0.15, 0.2) is 0 Å². The molecule has 0 saturated heterocycles. The Hall–Kier alpha value is -2.57. The standard InChI is InChI=1S/C17H13Cl2N3O3/c1-24-14-4-2-10(3-5-14)6-15(23)20-17-22-21-16(25-17)11-7-12(18)9-13(19)8-11/h2-5,7-9H,6H2,1H3,(H,20,22,23). The second-order valence-electron chi connectivity index (χ2n) is 5.14. The Kier molecular flexibility index (Phi) is 5.21. The average Bonchev–Trinajstić information content (AvgIpc) is 3.03. The molecule has 25 heavy (non-hydrogen) atoms. The Labute approximate surface area is 153 Å². The summed E-state index contributed by atoms with van der Waals surface area (Å²) < 4.78 is 10.5. The molecule has 3 aromatic rings. The fourth-order valence-electron chi connectivity index (χ4n) is 2.16. The summed E-state index contributed by atoms with van der Waals surface area (Å²) >= 11 is 11.9. The SMILES string of the molecule is COc1ccc(CC(=O)Nc2nnc(-c3cc(Cl)cc(Cl)c3)o2)cc1. The highest BCUT2D eigenvalue weighted by Gasteiger charge is 2.13. The molecule has 3 rings (SSSR count). The number of hydrogen-bond acceptors (Lipinski definition) is 5. The molecule has 0 atom stereocenters. The molecule has 1 heterocycles. The van der Waals surface area contributed by atoms with Crippen LogP contribution in [0.15, 0.2) is 46.9 Å². The number of nitrogens with one attached hydrogen (secondary N) is 1. The highest BCUT2D eigenvalue weighted by atomic mass is 35.5. The van der Waals surface area contributed by atoms with E-state index in [0.29, 0.717) is 15.6 Å². The van der Waals surface area contributed by atoms with E-state index in [1.54, 1.807) is 37.4 Å². The maximum Gasteiger partial charge on any atom is 0.322 e. The van der Waals surface area contributed by atoms with E-state index in [9.17, 15) is 4.79 Å². The van der Waals surface area contributed by atoms with Crippen molar-refractivity contribution in [2.24, 2.45) is 0 Å². The number of carbonyl (C=O) groups is 1. The van der Waals surface area contributed by atoms with E-state index in [0.717, 1.165) is 11.3 Å². The zero-order valence-electron chi connectivity index (χ0n) is 13.1. The zero-order valence-corrected chi connectivity index (χ0v) is 14.6. The number of methoxy groups -OCH3 is 1. The molecule has 1 aromatic heterocycles. The summed E-state index contributed by atoms with van der Waals surface area (Å²) in [5, 5.41) is 11.2. The van der Waals surface area contributed by atoms with Crippen LogP contribution in [0.2, 0.25) is 10.0 Å². The molecule has 0 unspecified atom stereocenters. The van der Waals surface area contributed by atoms with Gasteiger partial charge in [0.05, 0.1) is 13.5 Å². The van der Waals surface area contributed by atoms with E-state index >= 15 is 0 Å². The Bertz CT molecular complexity index is 874. The lowest BCUT2D eigenvalue weighted by atomic mass is 10.1. The molecule has 0 aliphatic heterocycles. The van der Waals surface area contributed by atoms with Crippen LogP contribution in [0.25, 0.3) is 11.5 Å². The molecular weight excluding hydrogens is 365 g/mol. The van der Waals surface area contributed by atoms with Gasteiger partial charge in [0.1, 0.15) is 5.75 Å². The van der Waals surface area contributed by atoms with Gasteiger partial charge in [0, 0.05) is 15.6 Å². The summed E-state index contributed by atoms with van der Waals surface area (Å²) in [7, 11) is 1.59. The summed E-state index contributed by atoms with van der Waals surface area (Å²) in [5.74, 6) is 0.666. The monoisotopic (exact) mass is 377 g/mol. The highest BCUT2D eigenvalue weighted by Crippen LogP contribution is 2.27. The third-order valence-electron chi connectivity index (χ3n) is 3.30. The molecule has 0 bridgehead atoms. The molecule has 1 N–H and O–H groups in total. The van der Waals surface area contributed by atoms with Crippen molar-refractivity contribution in [1.82, 2.24) is 10.2 Å². The number of amides is 1. The Morgan fingerprint density at radius 1 is 1.12 bits per heavy atom. The molecular formula is C17H13Cl2N3O3. The predicted octanol–water partition coefficient (Wildman–Crippen LogP) is 4.23. The number of ether oxygens (including phenoxy) is 1. The molecule has 6 nitrogen and oxygen atoms in total. The fourth-order valence-corrected chi connectivity index (χ4v) is 2.69. The van der Waals surface area contributed by atoms with Gasteiger partial charge in [-0.2, -0.15) is 0 Å². The van der Waals surface area contributed by atoms with Crippen molar-refractivity contribution in [3.8, 4) is 17.2 Å². The smallest absolute Gasteiger partial charge is 0.322 e. The number of aromatic nitrogens is 2. The quantitative estimate of drug-likeness (QED) is 0.719.